The predicted molar refractivity (Wildman–Crippen MR) is 123 cm³/mol. The lowest BCUT2D eigenvalue weighted by atomic mass is 9.92. The zero-order valence-corrected chi connectivity index (χ0v) is 19.5. The van der Waals surface area contributed by atoms with Gasteiger partial charge in [0.2, 0.25) is 12.3 Å². The third-order valence-corrected chi connectivity index (χ3v) is 6.94. The van der Waals surface area contributed by atoms with E-state index in [9.17, 15) is 4.79 Å². The summed E-state index contributed by atoms with van der Waals surface area (Å²) in [5, 5.41) is 13.8. The first-order chi connectivity index (χ1) is 16.2. The first kappa shape index (κ1) is 20.9. The van der Waals surface area contributed by atoms with E-state index < -0.39 is 0 Å². The molecule has 1 N–H and O–H groups in total. The molecule has 2 aromatic heterocycles. The lowest BCUT2D eigenvalue weighted by Crippen LogP contribution is -3.00. The van der Waals surface area contributed by atoms with Crippen molar-refractivity contribution in [1.29, 1.82) is 0 Å². The standard InChI is InChI=1S/C24H16N4O4S.ClH/c1-30-18-5-4-13-14-2-3-15-20-12(8-19-23(15)32-11-31-19)6-7-28(22(14)20)9-16(13)21(18)25-24(29)17-10-33-27-26-17;/h2-5,8-10H,6-7,11H2,1H3;1H. The molecule has 0 saturated heterocycles. The molecular weight excluding hydrogens is 476 g/mol. The van der Waals surface area contributed by atoms with E-state index in [0.717, 1.165) is 63.1 Å². The van der Waals surface area contributed by atoms with Gasteiger partial charge in [0.25, 0.3) is 5.91 Å². The normalized spacial score (nSPS) is 13.4. The number of ether oxygens (including phenoxy) is 3. The molecule has 0 spiro atoms. The van der Waals surface area contributed by atoms with E-state index in [1.165, 1.54) is 10.9 Å². The lowest BCUT2D eigenvalue weighted by molar-refractivity contribution is -0.670. The van der Waals surface area contributed by atoms with Crippen LogP contribution in [-0.4, -0.2) is 29.4 Å². The molecule has 5 aromatic rings. The Kier molecular flexibility index (Phi) is 4.72. The average Bonchev–Trinajstić information content (AvgIpc) is 3.54. The minimum absolute atomic E-state index is 0. The van der Waals surface area contributed by atoms with Gasteiger partial charge in [-0.3, -0.25) is 4.79 Å². The number of rotatable bonds is 3. The fourth-order valence-electron chi connectivity index (χ4n) is 5.00. The Morgan fingerprint density at radius 1 is 1.15 bits per heavy atom. The Morgan fingerprint density at radius 2 is 2.00 bits per heavy atom. The van der Waals surface area contributed by atoms with Crippen LogP contribution in [-0.2, 0) is 13.0 Å². The molecule has 170 valence electrons. The number of aromatic nitrogens is 3. The summed E-state index contributed by atoms with van der Waals surface area (Å²) in [6, 6.07) is 10.3. The Morgan fingerprint density at radius 3 is 2.82 bits per heavy atom. The van der Waals surface area contributed by atoms with Gasteiger partial charge in [-0.25, -0.2) is 0 Å². The summed E-state index contributed by atoms with van der Waals surface area (Å²) in [5.41, 5.74) is 3.32. The molecule has 0 radical (unpaired) electrons. The quantitative estimate of drug-likeness (QED) is 0.297. The van der Waals surface area contributed by atoms with Crippen molar-refractivity contribution in [2.75, 3.05) is 19.2 Å². The van der Waals surface area contributed by atoms with Crippen LogP contribution in [0.1, 0.15) is 16.1 Å². The molecule has 0 unspecified atom stereocenters. The second-order valence-electron chi connectivity index (χ2n) is 8.07. The third kappa shape index (κ3) is 2.83. The second kappa shape index (κ2) is 7.68. The molecule has 3 aromatic carbocycles. The van der Waals surface area contributed by atoms with Crippen molar-refractivity contribution in [3.8, 4) is 17.2 Å². The molecule has 0 fully saturated rings. The van der Waals surface area contributed by atoms with Crippen LogP contribution in [0.2, 0.25) is 0 Å². The smallest absolute Gasteiger partial charge is 0.277 e. The molecule has 34 heavy (non-hydrogen) atoms. The van der Waals surface area contributed by atoms with Crippen LogP contribution in [0.3, 0.4) is 0 Å². The number of pyridine rings is 1. The summed E-state index contributed by atoms with van der Waals surface area (Å²) in [7, 11) is 1.60. The lowest BCUT2D eigenvalue weighted by Gasteiger charge is -2.18. The number of carbonyl (C=O) groups is 1. The summed E-state index contributed by atoms with van der Waals surface area (Å²) >= 11 is 1.14. The van der Waals surface area contributed by atoms with Crippen LogP contribution in [0, 0.1) is 0 Å². The van der Waals surface area contributed by atoms with E-state index in [4.69, 9.17) is 14.2 Å². The number of fused-ring (bicyclic) bond motifs is 4. The van der Waals surface area contributed by atoms with Crippen molar-refractivity contribution in [3.05, 3.63) is 53.2 Å². The monoisotopic (exact) mass is 492 g/mol. The molecule has 7 rings (SSSR count). The van der Waals surface area contributed by atoms with Crippen LogP contribution in [0.15, 0.2) is 41.9 Å². The minimum Gasteiger partial charge on any atom is -1.00 e. The summed E-state index contributed by atoms with van der Waals surface area (Å²) in [5.74, 6) is 1.90. The summed E-state index contributed by atoms with van der Waals surface area (Å²) in [6.45, 7) is 1.07. The van der Waals surface area contributed by atoms with Crippen LogP contribution in [0.25, 0.3) is 32.4 Å². The van der Waals surface area contributed by atoms with E-state index in [1.807, 2.05) is 12.1 Å². The fourth-order valence-corrected chi connectivity index (χ4v) is 5.44. The molecule has 2 aliphatic rings. The van der Waals surface area contributed by atoms with Crippen molar-refractivity contribution in [3.63, 3.8) is 0 Å². The maximum atomic E-state index is 12.8. The van der Waals surface area contributed by atoms with Gasteiger partial charge in [0.15, 0.2) is 29.9 Å². The van der Waals surface area contributed by atoms with E-state index in [0.29, 0.717) is 11.4 Å². The highest BCUT2D eigenvalue weighted by atomic mass is 35.5. The molecule has 0 aliphatic carbocycles. The summed E-state index contributed by atoms with van der Waals surface area (Å²) < 4.78 is 23.1. The van der Waals surface area contributed by atoms with Crippen molar-refractivity contribution in [1.82, 2.24) is 9.59 Å². The van der Waals surface area contributed by atoms with Crippen LogP contribution in [0.4, 0.5) is 5.69 Å². The van der Waals surface area contributed by atoms with Gasteiger partial charge in [-0.2, -0.15) is 4.57 Å². The first-order valence-electron chi connectivity index (χ1n) is 10.5. The van der Waals surface area contributed by atoms with Gasteiger partial charge < -0.3 is 31.9 Å². The van der Waals surface area contributed by atoms with E-state index >= 15 is 0 Å². The molecule has 0 saturated carbocycles. The number of carbonyl (C=O) groups excluding carboxylic acids is 1. The van der Waals surface area contributed by atoms with E-state index in [-0.39, 0.29) is 30.8 Å². The number of halogens is 1. The fraction of sp³-hybridized carbons (Fsp3) is 0.167. The van der Waals surface area contributed by atoms with E-state index in [1.54, 1.807) is 12.5 Å². The maximum absolute atomic E-state index is 12.8. The van der Waals surface area contributed by atoms with Crippen LogP contribution >= 0.6 is 11.5 Å². The van der Waals surface area contributed by atoms with Gasteiger partial charge in [-0.1, -0.05) is 4.49 Å². The largest absolute Gasteiger partial charge is 1.00 e. The number of nitrogens with zero attached hydrogens (tertiary/aromatic N) is 3. The number of hydrogen-bond donors (Lipinski definition) is 1. The van der Waals surface area contributed by atoms with Gasteiger partial charge in [0.05, 0.1) is 29.0 Å². The summed E-state index contributed by atoms with van der Waals surface area (Å²) in [6.07, 6.45) is 2.98. The average molecular weight is 493 g/mol. The zero-order chi connectivity index (χ0) is 22.1. The predicted octanol–water partition coefficient (Wildman–Crippen LogP) is 0.835. The van der Waals surface area contributed by atoms with Gasteiger partial charge in [0, 0.05) is 22.6 Å². The molecule has 4 heterocycles. The number of amides is 1. The Labute approximate surface area is 203 Å². The van der Waals surface area contributed by atoms with Crippen LogP contribution < -0.4 is 36.5 Å². The second-order valence-corrected chi connectivity index (χ2v) is 8.68. The molecular formula is C24H17ClN4O4S. The summed E-state index contributed by atoms with van der Waals surface area (Å²) in [4.78, 5) is 12.8. The number of anilines is 1. The van der Waals surface area contributed by atoms with Crippen molar-refractivity contribution < 1.29 is 36.0 Å². The Bertz CT molecular complexity index is 1640. The van der Waals surface area contributed by atoms with Gasteiger partial charge in [-0.05, 0) is 47.4 Å². The highest BCUT2D eigenvalue weighted by Gasteiger charge is 2.30. The highest BCUT2D eigenvalue weighted by Crippen LogP contribution is 2.45. The minimum atomic E-state index is -0.318. The molecule has 1 amide bonds. The van der Waals surface area contributed by atoms with Gasteiger partial charge in [-0.15, -0.1) is 5.10 Å². The molecule has 8 nitrogen and oxygen atoms in total. The number of benzene rings is 3. The molecule has 0 bridgehead atoms. The molecule has 0 atom stereocenters. The first-order valence-corrected chi connectivity index (χ1v) is 11.4. The number of hydrogen-bond acceptors (Lipinski definition) is 7. The maximum Gasteiger partial charge on any atom is 0.277 e. The zero-order valence-electron chi connectivity index (χ0n) is 17.9. The number of aryl methyl sites for hydroxylation is 2. The topological polar surface area (TPSA) is 86.5 Å². The van der Waals surface area contributed by atoms with Crippen molar-refractivity contribution in [2.24, 2.45) is 0 Å². The third-order valence-electron chi connectivity index (χ3n) is 6.43. The van der Waals surface area contributed by atoms with Crippen molar-refractivity contribution >= 4 is 55.6 Å². The van der Waals surface area contributed by atoms with E-state index in [2.05, 4.69) is 43.9 Å². The Balaban J connectivity index is 0.00000217. The van der Waals surface area contributed by atoms with Crippen molar-refractivity contribution in [2.45, 2.75) is 13.0 Å². The van der Waals surface area contributed by atoms with Gasteiger partial charge >= 0.3 is 0 Å². The molecule has 2 aliphatic heterocycles. The van der Waals surface area contributed by atoms with Crippen LogP contribution in [0.5, 0.6) is 17.2 Å². The highest BCUT2D eigenvalue weighted by molar-refractivity contribution is 7.03. The number of nitrogens with one attached hydrogen (secondary N) is 1. The Hall–Kier alpha value is -3.69. The SMILES string of the molecule is COc1ccc2c(c[n+]3c4c2ccc2c5c(cc(c24)CC3)OCO5)c1NC(=O)c1csnn1.[Cl-]. The number of methoxy groups -OCH3 is 1. The van der Waals surface area contributed by atoms with Gasteiger partial charge in [0.1, 0.15) is 5.75 Å². The molecule has 10 heteroatoms.